The molecule has 0 saturated carbocycles. The molecular weight excluding hydrogens is 500 g/mol. The first-order valence-electron chi connectivity index (χ1n) is 9.94. The molecule has 1 aliphatic rings. The van der Waals surface area contributed by atoms with Gasteiger partial charge in [0.1, 0.15) is 11.6 Å². The zero-order valence-electron chi connectivity index (χ0n) is 17.4. The summed E-state index contributed by atoms with van der Waals surface area (Å²) < 4.78 is 132. The van der Waals surface area contributed by atoms with Crippen LogP contribution in [0.3, 0.4) is 0 Å². The average molecular weight is 515 g/mol. The summed E-state index contributed by atoms with van der Waals surface area (Å²) in [4.78, 5) is 25.8. The standard InChI is InChI=1S/C22H15F10NO2/c23-16-4-11(3-13(9-16)20(24,25)26)5-17-10-18(34)1-2-33(17)19(35)12-6-14(21(27,28)29)8-15(7-12)22(30,31)32/h3-4,6-9,17H,1-2,5,10H2. The van der Waals surface area contributed by atoms with E-state index in [1.54, 1.807) is 0 Å². The summed E-state index contributed by atoms with van der Waals surface area (Å²) in [5, 5.41) is 0. The second-order valence-corrected chi connectivity index (χ2v) is 7.99. The number of piperidine rings is 1. The molecule has 1 heterocycles. The fourth-order valence-corrected chi connectivity index (χ4v) is 3.80. The molecule has 0 bridgehead atoms. The van der Waals surface area contributed by atoms with Gasteiger partial charge in [0.25, 0.3) is 5.91 Å². The average Bonchev–Trinajstić information content (AvgIpc) is 2.71. The molecule has 35 heavy (non-hydrogen) atoms. The number of benzene rings is 2. The van der Waals surface area contributed by atoms with E-state index in [-0.39, 0.29) is 42.8 Å². The number of hydrogen-bond donors (Lipinski definition) is 0. The Bertz CT molecular complexity index is 1100. The molecule has 1 saturated heterocycles. The van der Waals surface area contributed by atoms with Gasteiger partial charge in [-0.05, 0) is 48.4 Å². The van der Waals surface area contributed by atoms with Gasteiger partial charge in [0.05, 0.1) is 16.7 Å². The summed E-state index contributed by atoms with van der Waals surface area (Å²) >= 11 is 0. The molecule has 1 fully saturated rings. The van der Waals surface area contributed by atoms with Crippen LogP contribution >= 0.6 is 0 Å². The first-order valence-corrected chi connectivity index (χ1v) is 9.94. The molecule has 0 aliphatic carbocycles. The van der Waals surface area contributed by atoms with Crippen molar-refractivity contribution in [3.63, 3.8) is 0 Å². The number of ketones is 1. The van der Waals surface area contributed by atoms with Crippen molar-refractivity contribution in [2.75, 3.05) is 6.54 Å². The number of likely N-dealkylation sites (tertiary alicyclic amines) is 1. The fourth-order valence-electron chi connectivity index (χ4n) is 3.80. The molecule has 3 rings (SSSR count). The zero-order valence-corrected chi connectivity index (χ0v) is 17.4. The SMILES string of the molecule is O=C1CCN(C(=O)c2cc(C(F)(F)F)cc(C(F)(F)F)c2)C(Cc2cc(F)cc(C(F)(F)F)c2)C1. The van der Waals surface area contributed by atoms with Crippen LogP contribution in [0.15, 0.2) is 36.4 Å². The van der Waals surface area contributed by atoms with E-state index < -0.39 is 77.2 Å². The number of nitrogens with zero attached hydrogens (tertiary/aromatic N) is 1. The highest BCUT2D eigenvalue weighted by molar-refractivity contribution is 5.96. The van der Waals surface area contributed by atoms with Gasteiger partial charge in [-0.15, -0.1) is 0 Å². The number of rotatable bonds is 3. The zero-order chi connectivity index (χ0) is 26.3. The van der Waals surface area contributed by atoms with Gasteiger partial charge in [-0.1, -0.05) is 0 Å². The van der Waals surface area contributed by atoms with E-state index in [0.29, 0.717) is 6.07 Å². The van der Waals surface area contributed by atoms with Gasteiger partial charge >= 0.3 is 18.5 Å². The molecule has 0 aromatic heterocycles. The van der Waals surface area contributed by atoms with Gasteiger partial charge in [0, 0.05) is 31.0 Å². The summed E-state index contributed by atoms with van der Waals surface area (Å²) in [6, 6.07) is 0.666. The van der Waals surface area contributed by atoms with Crippen LogP contribution < -0.4 is 0 Å². The predicted octanol–water partition coefficient (Wildman–Crippen LogP) is 6.30. The lowest BCUT2D eigenvalue weighted by Crippen LogP contribution is -2.47. The Labute approximate surface area is 191 Å². The number of halogens is 10. The van der Waals surface area contributed by atoms with Crippen LogP contribution in [0.2, 0.25) is 0 Å². The van der Waals surface area contributed by atoms with Gasteiger partial charge in [0.15, 0.2) is 0 Å². The lowest BCUT2D eigenvalue weighted by atomic mass is 9.92. The topological polar surface area (TPSA) is 37.4 Å². The Morgan fingerprint density at radius 1 is 0.800 bits per heavy atom. The van der Waals surface area contributed by atoms with Crippen molar-refractivity contribution in [2.24, 2.45) is 0 Å². The minimum atomic E-state index is -5.21. The summed E-state index contributed by atoms with van der Waals surface area (Å²) in [5.74, 6) is -2.94. The second kappa shape index (κ2) is 9.15. The van der Waals surface area contributed by atoms with Crippen LogP contribution in [0.4, 0.5) is 43.9 Å². The Balaban J connectivity index is 2.00. The van der Waals surface area contributed by atoms with Gasteiger partial charge in [-0.25, -0.2) is 4.39 Å². The molecule has 13 heteroatoms. The fraction of sp³-hybridized carbons (Fsp3) is 0.364. The number of Topliss-reactive ketones (excluding diaryl/α,β-unsaturated/α-hetero) is 1. The lowest BCUT2D eigenvalue weighted by molar-refractivity contribution is -0.143. The molecule has 3 nitrogen and oxygen atoms in total. The molecule has 1 unspecified atom stereocenters. The van der Waals surface area contributed by atoms with Crippen molar-refractivity contribution in [1.29, 1.82) is 0 Å². The Hall–Kier alpha value is -3.12. The Kier molecular flexibility index (Phi) is 6.93. The van der Waals surface area contributed by atoms with Crippen LogP contribution in [-0.2, 0) is 29.7 Å². The van der Waals surface area contributed by atoms with E-state index in [1.807, 2.05) is 0 Å². The molecule has 0 radical (unpaired) electrons. The quantitative estimate of drug-likeness (QED) is 0.450. The van der Waals surface area contributed by atoms with Crippen molar-refractivity contribution in [2.45, 2.75) is 43.8 Å². The Morgan fingerprint density at radius 2 is 1.31 bits per heavy atom. The third-order valence-corrected chi connectivity index (χ3v) is 5.39. The minimum absolute atomic E-state index is 0.153. The molecule has 0 spiro atoms. The van der Waals surface area contributed by atoms with E-state index >= 15 is 0 Å². The van der Waals surface area contributed by atoms with E-state index in [4.69, 9.17) is 0 Å². The monoisotopic (exact) mass is 515 g/mol. The smallest absolute Gasteiger partial charge is 0.334 e. The first kappa shape index (κ1) is 26.5. The molecule has 0 N–H and O–H groups in total. The highest BCUT2D eigenvalue weighted by atomic mass is 19.4. The molecule has 2 aromatic rings. The van der Waals surface area contributed by atoms with Crippen molar-refractivity contribution >= 4 is 11.7 Å². The van der Waals surface area contributed by atoms with Crippen molar-refractivity contribution < 1.29 is 53.5 Å². The van der Waals surface area contributed by atoms with Crippen LogP contribution in [0.25, 0.3) is 0 Å². The lowest BCUT2D eigenvalue weighted by Gasteiger charge is -2.35. The van der Waals surface area contributed by atoms with E-state index in [2.05, 4.69) is 0 Å². The number of amides is 1. The normalized spacial score (nSPS) is 17.6. The number of carbonyl (C=O) groups is 2. The third kappa shape index (κ3) is 6.31. The Morgan fingerprint density at radius 3 is 1.83 bits per heavy atom. The largest absolute Gasteiger partial charge is 0.416 e. The third-order valence-electron chi connectivity index (χ3n) is 5.39. The van der Waals surface area contributed by atoms with Crippen LogP contribution in [0.5, 0.6) is 0 Å². The van der Waals surface area contributed by atoms with Crippen LogP contribution in [-0.4, -0.2) is 29.2 Å². The molecular formula is C22H15F10NO2. The van der Waals surface area contributed by atoms with Gasteiger partial charge in [-0.2, -0.15) is 39.5 Å². The van der Waals surface area contributed by atoms with Gasteiger partial charge < -0.3 is 4.90 Å². The van der Waals surface area contributed by atoms with Crippen molar-refractivity contribution in [3.8, 4) is 0 Å². The maximum absolute atomic E-state index is 13.8. The number of carbonyl (C=O) groups excluding carboxylic acids is 2. The van der Waals surface area contributed by atoms with Gasteiger partial charge in [-0.3, -0.25) is 9.59 Å². The second-order valence-electron chi connectivity index (χ2n) is 7.99. The summed E-state index contributed by atoms with van der Waals surface area (Å²) in [7, 11) is 0. The van der Waals surface area contributed by atoms with E-state index in [0.717, 1.165) is 11.0 Å². The summed E-state index contributed by atoms with van der Waals surface area (Å²) in [6.07, 6.45) is -16.5. The maximum atomic E-state index is 13.8. The first-order chi connectivity index (χ1) is 15.9. The van der Waals surface area contributed by atoms with Crippen molar-refractivity contribution in [3.05, 3.63) is 70.0 Å². The molecule has 2 aromatic carbocycles. The number of alkyl halides is 9. The highest BCUT2D eigenvalue weighted by Gasteiger charge is 2.39. The van der Waals surface area contributed by atoms with E-state index in [1.165, 1.54) is 0 Å². The molecule has 1 atom stereocenters. The van der Waals surface area contributed by atoms with Crippen LogP contribution in [0, 0.1) is 5.82 Å². The van der Waals surface area contributed by atoms with Crippen molar-refractivity contribution in [1.82, 2.24) is 4.90 Å². The maximum Gasteiger partial charge on any atom is 0.416 e. The number of hydrogen-bond acceptors (Lipinski definition) is 2. The minimum Gasteiger partial charge on any atom is -0.334 e. The van der Waals surface area contributed by atoms with Crippen LogP contribution in [0.1, 0.15) is 45.5 Å². The molecule has 190 valence electrons. The summed E-state index contributed by atoms with van der Waals surface area (Å²) in [5.41, 5.74) is -5.99. The molecule has 1 amide bonds. The highest BCUT2D eigenvalue weighted by Crippen LogP contribution is 2.37. The van der Waals surface area contributed by atoms with E-state index in [9.17, 15) is 53.5 Å². The molecule has 1 aliphatic heterocycles. The summed E-state index contributed by atoms with van der Waals surface area (Å²) in [6.45, 7) is -0.388. The van der Waals surface area contributed by atoms with Gasteiger partial charge in [0.2, 0.25) is 0 Å². The predicted molar refractivity (Wildman–Crippen MR) is 101 cm³/mol.